The van der Waals surface area contributed by atoms with Gasteiger partial charge in [-0.1, -0.05) is 37.8 Å². The van der Waals surface area contributed by atoms with Crippen LogP contribution < -0.4 is 15.3 Å². The lowest BCUT2D eigenvalue weighted by molar-refractivity contribution is -0.385. The first kappa shape index (κ1) is 19.9. The third-order valence-corrected chi connectivity index (χ3v) is 3.83. The van der Waals surface area contributed by atoms with Gasteiger partial charge in [-0.2, -0.15) is 5.10 Å². The second-order valence-corrected chi connectivity index (χ2v) is 6.24. The summed E-state index contributed by atoms with van der Waals surface area (Å²) < 4.78 is 5.53. The summed E-state index contributed by atoms with van der Waals surface area (Å²) in [4.78, 5) is 22.0. The Labute approximate surface area is 156 Å². The Morgan fingerprint density at radius 3 is 2.70 bits per heavy atom. The van der Waals surface area contributed by atoms with Crippen molar-refractivity contribution < 1.29 is 19.6 Å². The van der Waals surface area contributed by atoms with Gasteiger partial charge in [-0.15, -0.1) is 0 Å². The molecule has 27 heavy (non-hydrogen) atoms. The zero-order chi connectivity index (χ0) is 20.0. The van der Waals surface area contributed by atoms with Gasteiger partial charge in [0.25, 0.3) is 11.6 Å². The second-order valence-electron chi connectivity index (χ2n) is 6.24. The van der Waals surface area contributed by atoms with Gasteiger partial charge in [0.1, 0.15) is 5.75 Å². The highest BCUT2D eigenvalue weighted by atomic mass is 16.6. The van der Waals surface area contributed by atoms with Gasteiger partial charge in [0.2, 0.25) is 0 Å². The van der Waals surface area contributed by atoms with Crippen LogP contribution in [0.5, 0.6) is 11.5 Å². The largest absolute Gasteiger partial charge is 0.872 e. The van der Waals surface area contributed by atoms with E-state index in [-0.39, 0.29) is 17.9 Å². The number of non-ortho nitro benzene ring substituents is 1. The molecule has 0 spiro atoms. The molecule has 0 bridgehead atoms. The van der Waals surface area contributed by atoms with E-state index in [9.17, 15) is 20.0 Å². The fourth-order valence-corrected chi connectivity index (χ4v) is 2.23. The minimum atomic E-state index is -0.614. The van der Waals surface area contributed by atoms with E-state index >= 15 is 0 Å². The molecule has 142 valence electrons. The SMILES string of the molecule is Cc1ccc(C(C)C)cc1OCC(=O)N/N=C/c1cc([N+](=O)[O-])ccc1[O-]. The van der Waals surface area contributed by atoms with Gasteiger partial charge in [0, 0.05) is 12.1 Å². The van der Waals surface area contributed by atoms with Crippen molar-refractivity contribution in [2.45, 2.75) is 26.7 Å². The number of rotatable bonds is 7. The number of hydrogen-bond acceptors (Lipinski definition) is 6. The Bertz CT molecular complexity index is 878. The van der Waals surface area contributed by atoms with Crippen LogP contribution in [0.3, 0.4) is 0 Å². The van der Waals surface area contributed by atoms with E-state index in [2.05, 4.69) is 24.4 Å². The van der Waals surface area contributed by atoms with Gasteiger partial charge in [0.05, 0.1) is 11.1 Å². The summed E-state index contributed by atoms with van der Waals surface area (Å²) in [5, 5.41) is 26.0. The fraction of sp³-hybridized carbons (Fsp3) is 0.263. The molecule has 2 aromatic rings. The van der Waals surface area contributed by atoms with Crippen molar-refractivity contribution >= 4 is 17.8 Å². The fourth-order valence-electron chi connectivity index (χ4n) is 2.23. The topological polar surface area (TPSA) is 117 Å². The van der Waals surface area contributed by atoms with Crippen molar-refractivity contribution in [3.8, 4) is 11.5 Å². The summed E-state index contributed by atoms with van der Waals surface area (Å²) >= 11 is 0. The number of benzene rings is 2. The smallest absolute Gasteiger partial charge is 0.277 e. The van der Waals surface area contributed by atoms with Crippen LogP contribution in [0.25, 0.3) is 0 Å². The molecule has 1 amide bonds. The highest BCUT2D eigenvalue weighted by molar-refractivity contribution is 5.86. The first-order valence-corrected chi connectivity index (χ1v) is 8.28. The molecule has 8 heteroatoms. The third-order valence-electron chi connectivity index (χ3n) is 3.83. The zero-order valence-electron chi connectivity index (χ0n) is 15.3. The number of nitro benzene ring substituents is 1. The summed E-state index contributed by atoms with van der Waals surface area (Å²) in [5.74, 6) is -0.00194. The standard InChI is InChI=1S/C19H21N3O5/c1-12(2)14-5-4-13(3)18(9-14)27-11-19(24)21-20-10-15-8-16(22(25)26)6-7-17(15)23/h4-10,12,23H,11H2,1-3H3,(H,21,24)/p-1/b20-10+. The second kappa shape index (κ2) is 8.79. The quantitative estimate of drug-likeness (QED) is 0.457. The number of amides is 1. The number of nitrogens with zero attached hydrogens (tertiary/aromatic N) is 2. The molecular formula is C19H20N3O5-. The molecule has 0 unspecified atom stereocenters. The number of aryl methyl sites for hydroxylation is 1. The summed E-state index contributed by atoms with van der Waals surface area (Å²) in [7, 11) is 0. The number of carbonyl (C=O) groups is 1. The van der Waals surface area contributed by atoms with Crippen molar-refractivity contribution in [1.82, 2.24) is 5.43 Å². The number of hydrazone groups is 1. The molecule has 0 atom stereocenters. The van der Waals surface area contributed by atoms with E-state index in [0.29, 0.717) is 11.7 Å². The van der Waals surface area contributed by atoms with Crippen molar-refractivity contribution in [3.05, 3.63) is 63.2 Å². The lowest BCUT2D eigenvalue weighted by atomic mass is 10.0. The number of nitrogens with one attached hydrogen (secondary N) is 1. The average molecular weight is 370 g/mol. The van der Waals surface area contributed by atoms with Gasteiger partial charge in [-0.25, -0.2) is 5.43 Å². The van der Waals surface area contributed by atoms with E-state index in [4.69, 9.17) is 4.74 Å². The van der Waals surface area contributed by atoms with Crippen LogP contribution in [0, 0.1) is 17.0 Å². The normalized spacial score (nSPS) is 11.0. The van der Waals surface area contributed by atoms with Crippen molar-refractivity contribution in [2.75, 3.05) is 6.61 Å². The Balaban J connectivity index is 1.95. The molecule has 2 rings (SSSR count). The van der Waals surface area contributed by atoms with Crippen LogP contribution >= 0.6 is 0 Å². The zero-order valence-corrected chi connectivity index (χ0v) is 15.3. The minimum Gasteiger partial charge on any atom is -0.872 e. The number of carbonyl (C=O) groups excluding carboxylic acids is 1. The molecule has 0 radical (unpaired) electrons. The summed E-state index contributed by atoms with van der Waals surface area (Å²) in [6, 6.07) is 9.11. The highest BCUT2D eigenvalue weighted by Crippen LogP contribution is 2.24. The van der Waals surface area contributed by atoms with Gasteiger partial charge >= 0.3 is 0 Å². The maximum Gasteiger partial charge on any atom is 0.277 e. The van der Waals surface area contributed by atoms with Crippen LogP contribution in [0.2, 0.25) is 0 Å². The molecule has 0 aliphatic rings. The number of nitro groups is 1. The molecule has 8 nitrogen and oxygen atoms in total. The van der Waals surface area contributed by atoms with Crippen LogP contribution in [-0.2, 0) is 4.79 Å². The van der Waals surface area contributed by atoms with Crippen molar-refractivity contribution in [1.29, 1.82) is 0 Å². The van der Waals surface area contributed by atoms with Crippen LogP contribution in [-0.4, -0.2) is 23.7 Å². The first-order valence-electron chi connectivity index (χ1n) is 8.28. The van der Waals surface area contributed by atoms with Crippen LogP contribution in [0.1, 0.15) is 36.5 Å². The number of ether oxygens (including phenoxy) is 1. The number of hydrogen-bond donors (Lipinski definition) is 1. The molecule has 0 saturated heterocycles. The Kier molecular flexibility index (Phi) is 6.48. The van der Waals surface area contributed by atoms with Gasteiger partial charge in [-0.3, -0.25) is 14.9 Å². The van der Waals surface area contributed by atoms with Gasteiger partial charge in [0.15, 0.2) is 6.61 Å². The molecule has 2 aromatic carbocycles. The Morgan fingerprint density at radius 1 is 1.30 bits per heavy atom. The van der Waals surface area contributed by atoms with E-state index in [1.807, 2.05) is 25.1 Å². The average Bonchev–Trinajstić information content (AvgIpc) is 2.62. The van der Waals surface area contributed by atoms with E-state index in [1.165, 1.54) is 0 Å². The third kappa shape index (κ3) is 5.53. The molecule has 0 aliphatic carbocycles. The van der Waals surface area contributed by atoms with Crippen molar-refractivity contribution in [3.63, 3.8) is 0 Å². The van der Waals surface area contributed by atoms with Crippen LogP contribution in [0.15, 0.2) is 41.5 Å². The predicted octanol–water partition coefficient (Wildman–Crippen LogP) is 2.63. The molecule has 0 aliphatic heterocycles. The lowest BCUT2D eigenvalue weighted by Gasteiger charge is -2.12. The van der Waals surface area contributed by atoms with E-state index < -0.39 is 16.6 Å². The first-order chi connectivity index (χ1) is 12.8. The van der Waals surface area contributed by atoms with E-state index in [0.717, 1.165) is 35.5 Å². The van der Waals surface area contributed by atoms with E-state index in [1.54, 1.807) is 0 Å². The van der Waals surface area contributed by atoms with Gasteiger partial charge < -0.3 is 9.84 Å². The molecule has 0 saturated carbocycles. The van der Waals surface area contributed by atoms with Crippen LogP contribution in [0.4, 0.5) is 5.69 Å². The summed E-state index contributed by atoms with van der Waals surface area (Å²) in [6.45, 7) is 5.76. The van der Waals surface area contributed by atoms with Crippen molar-refractivity contribution in [2.24, 2.45) is 5.10 Å². The predicted molar refractivity (Wildman–Crippen MR) is 99.0 cm³/mol. The maximum atomic E-state index is 11.9. The molecule has 0 aromatic heterocycles. The molecule has 0 fully saturated rings. The minimum absolute atomic E-state index is 0.00546. The lowest BCUT2D eigenvalue weighted by Crippen LogP contribution is -2.24. The maximum absolute atomic E-state index is 11.9. The molecule has 0 heterocycles. The Hall–Kier alpha value is -3.42. The molecule has 1 N–H and O–H groups in total. The summed E-state index contributed by atoms with van der Waals surface area (Å²) in [6.07, 6.45) is 1.07. The monoisotopic (exact) mass is 370 g/mol. The van der Waals surface area contributed by atoms with Gasteiger partial charge in [-0.05, 0) is 35.6 Å². The highest BCUT2D eigenvalue weighted by Gasteiger charge is 2.08. The molecular weight excluding hydrogens is 350 g/mol. The Morgan fingerprint density at radius 2 is 2.04 bits per heavy atom. The summed E-state index contributed by atoms with van der Waals surface area (Å²) in [5.41, 5.74) is 4.01.